The lowest BCUT2D eigenvalue weighted by Crippen LogP contribution is -2.22. The Labute approximate surface area is 191 Å². The molecule has 0 spiro atoms. The van der Waals surface area contributed by atoms with Crippen LogP contribution in [-0.4, -0.2) is 28.4 Å². The molecule has 2 amide bonds. The number of benzene rings is 1. The van der Waals surface area contributed by atoms with Gasteiger partial charge in [-0.3, -0.25) is 10.1 Å². The van der Waals surface area contributed by atoms with E-state index in [2.05, 4.69) is 20.6 Å². The predicted molar refractivity (Wildman–Crippen MR) is 126 cm³/mol. The lowest BCUT2D eigenvalue weighted by atomic mass is 9.94. The third-order valence-electron chi connectivity index (χ3n) is 5.43. The van der Waals surface area contributed by atoms with Gasteiger partial charge in [-0.25, -0.2) is 14.8 Å². The molecular weight excluding hydrogens is 424 g/mol. The number of aryl methyl sites for hydroxylation is 1. The number of anilines is 2. The Morgan fingerprint density at radius 2 is 2.00 bits per heavy atom. The van der Waals surface area contributed by atoms with Crippen LogP contribution in [0.25, 0.3) is 0 Å². The average molecular weight is 451 g/mol. The fourth-order valence-electron chi connectivity index (χ4n) is 3.80. The summed E-state index contributed by atoms with van der Waals surface area (Å²) in [4.78, 5) is 34.1. The van der Waals surface area contributed by atoms with Crippen molar-refractivity contribution in [3.63, 3.8) is 0 Å². The minimum atomic E-state index is -0.417. The number of rotatable bonds is 8. The van der Waals surface area contributed by atoms with E-state index in [-0.39, 0.29) is 11.7 Å². The Balaban J connectivity index is 1.33. The Bertz CT molecular complexity index is 1080. The summed E-state index contributed by atoms with van der Waals surface area (Å²) >= 11 is 1.35. The Kier molecular flexibility index (Phi) is 7.11. The van der Waals surface area contributed by atoms with Gasteiger partial charge in [0.05, 0.1) is 18.0 Å². The van der Waals surface area contributed by atoms with Crippen LogP contribution >= 0.6 is 11.3 Å². The summed E-state index contributed by atoms with van der Waals surface area (Å²) in [6, 6.07) is 10.6. The highest BCUT2D eigenvalue weighted by molar-refractivity contribution is 7.13. The van der Waals surface area contributed by atoms with E-state index >= 15 is 0 Å². The molecule has 8 heteroatoms. The Morgan fingerprint density at radius 3 is 2.78 bits per heavy atom. The van der Waals surface area contributed by atoms with Crippen LogP contribution in [0.5, 0.6) is 5.88 Å². The number of amides is 2. The van der Waals surface area contributed by atoms with Gasteiger partial charge in [0.25, 0.3) is 0 Å². The molecule has 0 unspecified atom stereocenters. The lowest BCUT2D eigenvalue weighted by molar-refractivity contribution is 0.0923. The Morgan fingerprint density at radius 1 is 1.16 bits per heavy atom. The van der Waals surface area contributed by atoms with Gasteiger partial charge in [0.15, 0.2) is 10.9 Å². The molecule has 1 fully saturated rings. The van der Waals surface area contributed by atoms with Crippen LogP contribution in [0.3, 0.4) is 0 Å². The van der Waals surface area contributed by atoms with Crippen molar-refractivity contribution in [1.29, 1.82) is 0 Å². The molecule has 1 aromatic carbocycles. The molecule has 0 saturated heterocycles. The van der Waals surface area contributed by atoms with E-state index in [4.69, 9.17) is 4.74 Å². The molecule has 1 aliphatic rings. The topological polar surface area (TPSA) is 93.2 Å². The van der Waals surface area contributed by atoms with Crippen LogP contribution in [0.4, 0.5) is 15.6 Å². The number of carbonyl (C=O) groups excluding carboxylic acids is 2. The highest BCUT2D eigenvalue weighted by Crippen LogP contribution is 2.31. The zero-order valence-corrected chi connectivity index (χ0v) is 18.8. The smallest absolute Gasteiger partial charge is 0.325 e. The molecule has 1 saturated carbocycles. The fourth-order valence-corrected chi connectivity index (χ4v) is 4.54. The molecule has 0 atom stereocenters. The number of nitrogens with zero attached hydrogens (tertiary/aromatic N) is 2. The van der Waals surface area contributed by atoms with Gasteiger partial charge in [-0.05, 0) is 38.0 Å². The molecule has 166 valence electrons. The van der Waals surface area contributed by atoms with Crippen LogP contribution in [0.2, 0.25) is 0 Å². The van der Waals surface area contributed by atoms with E-state index < -0.39 is 6.03 Å². The van der Waals surface area contributed by atoms with Crippen LogP contribution < -0.4 is 15.4 Å². The summed E-state index contributed by atoms with van der Waals surface area (Å²) in [5.41, 5.74) is 2.94. The summed E-state index contributed by atoms with van der Waals surface area (Å²) in [7, 11) is 0. The second-order valence-electron chi connectivity index (χ2n) is 7.88. The van der Waals surface area contributed by atoms with Gasteiger partial charge in [0.2, 0.25) is 5.88 Å². The Hall–Kier alpha value is -3.26. The number of ether oxygens (including phenoxy) is 1. The minimum absolute atomic E-state index is 0.0511. The van der Waals surface area contributed by atoms with Crippen LogP contribution in [0.1, 0.15) is 47.3 Å². The van der Waals surface area contributed by atoms with Crippen LogP contribution in [0, 0.1) is 12.8 Å². The fraction of sp³-hybridized carbons (Fsp3) is 0.333. The van der Waals surface area contributed by atoms with Crippen molar-refractivity contribution in [3.05, 3.63) is 64.8 Å². The SMILES string of the molecule is Cc1ccc(NC(=O)Nc2nc(CCOc3ccccn3)cs2)c(C(=O)C2CCCC2)c1. The first-order valence-corrected chi connectivity index (χ1v) is 11.7. The normalized spacial score (nSPS) is 13.7. The largest absolute Gasteiger partial charge is 0.477 e. The number of ketones is 1. The van der Waals surface area contributed by atoms with E-state index in [1.54, 1.807) is 18.3 Å². The molecule has 2 heterocycles. The van der Waals surface area contributed by atoms with Crippen molar-refractivity contribution in [1.82, 2.24) is 9.97 Å². The molecule has 2 aromatic heterocycles. The molecule has 2 N–H and O–H groups in total. The van der Waals surface area contributed by atoms with Crippen molar-refractivity contribution in [2.24, 2.45) is 5.92 Å². The molecule has 7 nitrogen and oxygen atoms in total. The monoisotopic (exact) mass is 450 g/mol. The van der Waals surface area contributed by atoms with Crippen LogP contribution in [-0.2, 0) is 6.42 Å². The first-order valence-electron chi connectivity index (χ1n) is 10.8. The maximum Gasteiger partial charge on any atom is 0.325 e. The van der Waals surface area contributed by atoms with Gasteiger partial charge in [-0.1, -0.05) is 30.5 Å². The molecule has 3 aromatic rings. The first kappa shape index (κ1) is 22.0. The van der Waals surface area contributed by atoms with Crippen molar-refractivity contribution in [2.75, 3.05) is 17.2 Å². The molecule has 4 rings (SSSR count). The summed E-state index contributed by atoms with van der Waals surface area (Å²) in [6.07, 6.45) is 6.30. The third-order valence-corrected chi connectivity index (χ3v) is 6.24. The standard InChI is InChI=1S/C24H26N4O3S/c1-16-9-10-20(19(14-16)22(29)17-6-2-3-7-17)27-23(30)28-24-26-18(15-32-24)11-13-31-21-8-4-5-12-25-21/h4-5,8-10,12,14-15,17H,2-3,6-7,11,13H2,1H3,(H2,26,27,28,30). The maximum atomic E-state index is 13.0. The zero-order valence-electron chi connectivity index (χ0n) is 18.0. The minimum Gasteiger partial charge on any atom is -0.477 e. The number of aromatic nitrogens is 2. The van der Waals surface area contributed by atoms with Crippen molar-refractivity contribution in [3.8, 4) is 5.88 Å². The van der Waals surface area contributed by atoms with Crippen molar-refractivity contribution < 1.29 is 14.3 Å². The molecule has 32 heavy (non-hydrogen) atoms. The second-order valence-corrected chi connectivity index (χ2v) is 8.74. The molecular formula is C24H26N4O3S. The number of carbonyl (C=O) groups is 2. The third kappa shape index (κ3) is 5.70. The van der Waals surface area contributed by atoms with Gasteiger partial charge in [-0.2, -0.15) is 0 Å². The summed E-state index contributed by atoms with van der Waals surface area (Å²) in [6.45, 7) is 2.40. The number of urea groups is 1. The van der Waals surface area contributed by atoms with Gasteiger partial charge in [-0.15, -0.1) is 11.3 Å². The summed E-state index contributed by atoms with van der Waals surface area (Å²) < 4.78 is 5.59. The molecule has 0 radical (unpaired) electrons. The maximum absolute atomic E-state index is 13.0. The lowest BCUT2D eigenvalue weighted by Gasteiger charge is -2.14. The van der Waals surface area contributed by atoms with E-state index in [9.17, 15) is 9.59 Å². The molecule has 0 aliphatic heterocycles. The number of nitrogens with one attached hydrogen (secondary N) is 2. The summed E-state index contributed by atoms with van der Waals surface area (Å²) in [5.74, 6) is 0.739. The quantitative estimate of drug-likeness (QED) is 0.443. The van der Waals surface area contributed by atoms with Gasteiger partial charge >= 0.3 is 6.03 Å². The highest BCUT2D eigenvalue weighted by Gasteiger charge is 2.26. The average Bonchev–Trinajstić information content (AvgIpc) is 3.48. The van der Waals surface area contributed by atoms with E-state index in [0.717, 1.165) is 36.9 Å². The van der Waals surface area contributed by atoms with Gasteiger partial charge in [0.1, 0.15) is 0 Å². The van der Waals surface area contributed by atoms with E-state index in [1.165, 1.54) is 11.3 Å². The number of thiazole rings is 1. The molecule has 1 aliphatic carbocycles. The first-order chi connectivity index (χ1) is 15.6. The van der Waals surface area contributed by atoms with E-state index in [1.807, 2.05) is 36.6 Å². The predicted octanol–water partition coefficient (Wildman–Crippen LogP) is 5.48. The van der Waals surface area contributed by atoms with Crippen molar-refractivity contribution >= 4 is 34.0 Å². The summed E-state index contributed by atoms with van der Waals surface area (Å²) in [5, 5.41) is 7.97. The highest BCUT2D eigenvalue weighted by atomic mass is 32.1. The van der Waals surface area contributed by atoms with Crippen LogP contribution in [0.15, 0.2) is 48.0 Å². The number of Topliss-reactive ketones (excluding diaryl/α,β-unsaturated/α-hetero) is 1. The van der Waals surface area contributed by atoms with Crippen molar-refractivity contribution in [2.45, 2.75) is 39.0 Å². The molecule has 0 bridgehead atoms. The van der Waals surface area contributed by atoms with Gasteiger partial charge in [0, 0.05) is 35.5 Å². The number of hydrogen-bond donors (Lipinski definition) is 2. The van der Waals surface area contributed by atoms with E-state index in [0.29, 0.717) is 35.3 Å². The second kappa shape index (κ2) is 10.4. The zero-order chi connectivity index (χ0) is 22.3. The van der Waals surface area contributed by atoms with Gasteiger partial charge < -0.3 is 10.1 Å². The number of pyridine rings is 1. The number of hydrogen-bond acceptors (Lipinski definition) is 6.